The van der Waals surface area contributed by atoms with Crippen molar-refractivity contribution in [2.45, 2.75) is 12.8 Å². The molecule has 172 valence electrons. The molecule has 4 rings (SSSR count). The molecular formula is C22H20ClF2N5O2S. The highest BCUT2D eigenvalue weighted by atomic mass is 35.5. The first-order chi connectivity index (χ1) is 15.9. The van der Waals surface area contributed by atoms with Gasteiger partial charge in [0.1, 0.15) is 5.82 Å². The van der Waals surface area contributed by atoms with E-state index in [0.717, 1.165) is 12.1 Å². The zero-order valence-electron chi connectivity index (χ0n) is 17.4. The number of piperidine rings is 1. The molecule has 3 heterocycles. The molecule has 0 unspecified atom stereocenters. The van der Waals surface area contributed by atoms with Crippen molar-refractivity contribution in [1.29, 1.82) is 0 Å². The molecule has 7 nitrogen and oxygen atoms in total. The van der Waals surface area contributed by atoms with Gasteiger partial charge in [0.25, 0.3) is 0 Å². The third kappa shape index (κ3) is 6.10. The molecule has 1 aromatic carbocycles. The number of benzene rings is 1. The van der Waals surface area contributed by atoms with E-state index in [2.05, 4.69) is 20.6 Å². The molecule has 1 saturated heterocycles. The van der Waals surface area contributed by atoms with Gasteiger partial charge >= 0.3 is 0 Å². The highest BCUT2D eigenvalue weighted by Crippen LogP contribution is 2.26. The van der Waals surface area contributed by atoms with E-state index < -0.39 is 11.6 Å². The minimum absolute atomic E-state index is 0.0959. The first-order valence-electron chi connectivity index (χ1n) is 10.2. The number of pyridine rings is 1. The maximum absolute atomic E-state index is 13.4. The predicted molar refractivity (Wildman–Crippen MR) is 123 cm³/mol. The molecule has 0 aliphatic carbocycles. The maximum atomic E-state index is 13.4. The third-order valence-corrected chi connectivity index (χ3v) is 6.25. The largest absolute Gasteiger partial charge is 0.310 e. The second kappa shape index (κ2) is 10.3. The molecule has 1 aliphatic rings. The van der Waals surface area contributed by atoms with Crippen LogP contribution in [-0.4, -0.2) is 46.3 Å². The SMILES string of the molecule is O=C(CN1CCC(C(=O)Nc2ccc(Cl)cn2)CC1)Nc1nc(-c2ccc(F)c(F)c2)cs1. The van der Waals surface area contributed by atoms with Crippen LogP contribution in [0.1, 0.15) is 12.8 Å². The lowest BCUT2D eigenvalue weighted by molar-refractivity contribution is -0.121. The number of carbonyl (C=O) groups is 2. The Hall–Kier alpha value is -2.95. The fourth-order valence-electron chi connectivity index (χ4n) is 3.51. The molecule has 0 bridgehead atoms. The summed E-state index contributed by atoms with van der Waals surface area (Å²) in [4.78, 5) is 35.2. The molecule has 2 amide bonds. The molecule has 2 N–H and O–H groups in total. The second-order valence-electron chi connectivity index (χ2n) is 7.62. The van der Waals surface area contributed by atoms with Crippen LogP contribution >= 0.6 is 22.9 Å². The number of anilines is 2. The van der Waals surface area contributed by atoms with Gasteiger partial charge in [0, 0.05) is 23.1 Å². The van der Waals surface area contributed by atoms with E-state index in [1.807, 2.05) is 4.90 Å². The van der Waals surface area contributed by atoms with Crippen molar-refractivity contribution in [2.75, 3.05) is 30.3 Å². The quantitative estimate of drug-likeness (QED) is 0.533. The second-order valence-corrected chi connectivity index (χ2v) is 8.91. The van der Waals surface area contributed by atoms with Crippen molar-refractivity contribution in [3.05, 3.63) is 58.6 Å². The van der Waals surface area contributed by atoms with Gasteiger partial charge < -0.3 is 10.6 Å². The third-order valence-electron chi connectivity index (χ3n) is 5.27. The minimum Gasteiger partial charge on any atom is -0.310 e. The number of aromatic nitrogens is 2. The summed E-state index contributed by atoms with van der Waals surface area (Å²) in [5.74, 6) is -1.90. The van der Waals surface area contributed by atoms with Gasteiger partial charge in [-0.15, -0.1) is 11.3 Å². The summed E-state index contributed by atoms with van der Waals surface area (Å²) in [6, 6.07) is 6.85. The zero-order valence-corrected chi connectivity index (χ0v) is 18.9. The highest BCUT2D eigenvalue weighted by molar-refractivity contribution is 7.14. The number of hydrogen-bond donors (Lipinski definition) is 2. The number of nitrogens with zero attached hydrogens (tertiary/aromatic N) is 3. The lowest BCUT2D eigenvalue weighted by Crippen LogP contribution is -2.41. The summed E-state index contributed by atoms with van der Waals surface area (Å²) in [5.41, 5.74) is 0.885. The zero-order chi connectivity index (χ0) is 23.4. The van der Waals surface area contributed by atoms with Crippen LogP contribution in [0.25, 0.3) is 11.3 Å². The first-order valence-corrected chi connectivity index (χ1v) is 11.5. The average Bonchev–Trinajstić information content (AvgIpc) is 3.26. The van der Waals surface area contributed by atoms with Gasteiger partial charge in [-0.05, 0) is 56.3 Å². The minimum atomic E-state index is -0.951. The van der Waals surface area contributed by atoms with Crippen LogP contribution in [0.2, 0.25) is 5.02 Å². The molecule has 0 radical (unpaired) electrons. The summed E-state index contributed by atoms with van der Waals surface area (Å²) < 4.78 is 26.5. The summed E-state index contributed by atoms with van der Waals surface area (Å²) in [6.45, 7) is 1.39. The summed E-state index contributed by atoms with van der Waals surface area (Å²) in [7, 11) is 0. The van der Waals surface area contributed by atoms with Crippen LogP contribution in [0.3, 0.4) is 0 Å². The van der Waals surface area contributed by atoms with Gasteiger partial charge in [0.15, 0.2) is 16.8 Å². The standard InChI is InChI=1S/C22H20ClF2N5O2S/c23-15-2-4-19(26-10-15)28-21(32)13-5-7-30(8-6-13)11-20(31)29-22-27-18(12-33-22)14-1-3-16(24)17(25)9-14/h1-4,9-10,12-13H,5-8,11H2,(H,26,28,32)(H,27,29,31). The van der Waals surface area contributed by atoms with Crippen molar-refractivity contribution >= 4 is 45.7 Å². The Bertz CT molecular complexity index is 1150. The number of amides is 2. The van der Waals surface area contributed by atoms with E-state index in [4.69, 9.17) is 11.6 Å². The highest BCUT2D eigenvalue weighted by Gasteiger charge is 2.26. The van der Waals surface area contributed by atoms with E-state index in [1.165, 1.54) is 23.6 Å². The van der Waals surface area contributed by atoms with Crippen LogP contribution in [0.15, 0.2) is 41.9 Å². The lowest BCUT2D eigenvalue weighted by Gasteiger charge is -2.30. The Morgan fingerprint density at radius 1 is 1.12 bits per heavy atom. The first kappa shape index (κ1) is 23.2. The van der Waals surface area contributed by atoms with Gasteiger partial charge in [-0.2, -0.15) is 0 Å². The molecule has 1 aliphatic heterocycles. The van der Waals surface area contributed by atoms with Gasteiger partial charge in [-0.3, -0.25) is 14.5 Å². The number of thiazole rings is 1. The number of halogens is 3. The van der Waals surface area contributed by atoms with Crippen molar-refractivity contribution in [3.8, 4) is 11.3 Å². The Morgan fingerprint density at radius 3 is 2.61 bits per heavy atom. The Morgan fingerprint density at radius 2 is 1.91 bits per heavy atom. The van der Waals surface area contributed by atoms with Crippen LogP contribution < -0.4 is 10.6 Å². The van der Waals surface area contributed by atoms with Crippen LogP contribution in [0.4, 0.5) is 19.7 Å². The molecule has 0 saturated carbocycles. The Balaban J connectivity index is 1.24. The smallest absolute Gasteiger partial charge is 0.240 e. The van der Waals surface area contributed by atoms with E-state index in [-0.39, 0.29) is 24.3 Å². The number of nitrogens with one attached hydrogen (secondary N) is 2. The molecular weight excluding hydrogens is 472 g/mol. The monoisotopic (exact) mass is 491 g/mol. The molecule has 2 aromatic heterocycles. The average molecular weight is 492 g/mol. The van der Waals surface area contributed by atoms with Crippen molar-refractivity contribution in [2.24, 2.45) is 5.92 Å². The Labute approximate surface area is 197 Å². The van der Waals surface area contributed by atoms with E-state index >= 15 is 0 Å². The van der Waals surface area contributed by atoms with Crippen LogP contribution in [0.5, 0.6) is 0 Å². The number of likely N-dealkylation sites (tertiary alicyclic amines) is 1. The van der Waals surface area contributed by atoms with E-state index in [9.17, 15) is 18.4 Å². The number of carbonyl (C=O) groups excluding carboxylic acids is 2. The van der Waals surface area contributed by atoms with Crippen LogP contribution in [-0.2, 0) is 9.59 Å². The van der Waals surface area contributed by atoms with Crippen molar-refractivity contribution < 1.29 is 18.4 Å². The molecule has 3 aromatic rings. The Kier molecular flexibility index (Phi) is 7.26. The fraction of sp³-hybridized carbons (Fsp3) is 0.273. The number of rotatable bonds is 6. The summed E-state index contributed by atoms with van der Waals surface area (Å²) >= 11 is 7.01. The van der Waals surface area contributed by atoms with E-state index in [1.54, 1.807) is 17.5 Å². The molecule has 0 atom stereocenters. The van der Waals surface area contributed by atoms with Crippen molar-refractivity contribution in [1.82, 2.24) is 14.9 Å². The fourth-order valence-corrected chi connectivity index (χ4v) is 4.36. The van der Waals surface area contributed by atoms with Crippen LogP contribution in [0, 0.1) is 17.6 Å². The molecule has 11 heteroatoms. The molecule has 0 spiro atoms. The maximum Gasteiger partial charge on any atom is 0.240 e. The van der Waals surface area contributed by atoms with Gasteiger partial charge in [0.05, 0.1) is 17.3 Å². The van der Waals surface area contributed by atoms with Gasteiger partial charge in [0.2, 0.25) is 11.8 Å². The molecule has 1 fully saturated rings. The van der Waals surface area contributed by atoms with Gasteiger partial charge in [-0.1, -0.05) is 11.6 Å². The normalized spacial score (nSPS) is 14.8. The molecule has 33 heavy (non-hydrogen) atoms. The number of hydrogen-bond acceptors (Lipinski definition) is 6. The van der Waals surface area contributed by atoms with E-state index in [0.29, 0.717) is 53.2 Å². The topological polar surface area (TPSA) is 87.2 Å². The summed E-state index contributed by atoms with van der Waals surface area (Å²) in [5, 5.41) is 8.07. The summed E-state index contributed by atoms with van der Waals surface area (Å²) in [6.07, 6.45) is 2.73. The van der Waals surface area contributed by atoms with Gasteiger partial charge in [-0.25, -0.2) is 18.7 Å². The van der Waals surface area contributed by atoms with Crippen molar-refractivity contribution in [3.63, 3.8) is 0 Å². The lowest BCUT2D eigenvalue weighted by atomic mass is 9.96. The predicted octanol–water partition coefficient (Wildman–Crippen LogP) is 4.43.